The highest BCUT2D eigenvalue weighted by atomic mass is 16.5. The van der Waals surface area contributed by atoms with Gasteiger partial charge in [0, 0.05) is 17.7 Å². The molecule has 0 aliphatic carbocycles. The normalized spacial score (nSPS) is 22.7. The maximum atomic E-state index is 12.2. The van der Waals surface area contributed by atoms with Crippen LogP contribution in [0.5, 0.6) is 11.5 Å². The molecule has 6 heteroatoms. The molecule has 0 bridgehead atoms. The van der Waals surface area contributed by atoms with Crippen molar-refractivity contribution in [3.05, 3.63) is 23.8 Å². The Morgan fingerprint density at radius 1 is 1.38 bits per heavy atom. The molecule has 21 heavy (non-hydrogen) atoms. The van der Waals surface area contributed by atoms with E-state index in [4.69, 9.17) is 19.9 Å². The third-order valence-electron chi connectivity index (χ3n) is 3.73. The van der Waals surface area contributed by atoms with Gasteiger partial charge in [0.05, 0.1) is 39.4 Å². The van der Waals surface area contributed by atoms with Crippen molar-refractivity contribution in [3.8, 4) is 11.5 Å². The minimum atomic E-state index is -0.295. The molecule has 1 aliphatic heterocycles. The van der Waals surface area contributed by atoms with Crippen LogP contribution in [0.3, 0.4) is 0 Å². The van der Waals surface area contributed by atoms with Crippen molar-refractivity contribution in [1.82, 2.24) is 5.32 Å². The number of nitrogens with one attached hydrogen (secondary N) is 1. The van der Waals surface area contributed by atoms with Gasteiger partial charge >= 0.3 is 0 Å². The average molecular weight is 294 g/mol. The molecule has 1 aromatic carbocycles. The average Bonchev–Trinajstić information content (AvgIpc) is 2.92. The van der Waals surface area contributed by atoms with Gasteiger partial charge in [-0.1, -0.05) is 0 Å². The highest BCUT2D eigenvalue weighted by Gasteiger charge is 2.32. The molecule has 6 nitrogen and oxygen atoms in total. The summed E-state index contributed by atoms with van der Waals surface area (Å²) < 4.78 is 15.7. The van der Waals surface area contributed by atoms with E-state index in [1.165, 1.54) is 0 Å². The van der Waals surface area contributed by atoms with Gasteiger partial charge in [-0.25, -0.2) is 0 Å². The standard InChI is InChI=1S/C15H22N2O4/c1-9(17-15(18)12-7-21-8-13(12)16)11-5-4-10(19-2)6-14(11)20-3/h4-6,9,12-13H,7-8,16H2,1-3H3,(H,17,18). The van der Waals surface area contributed by atoms with E-state index in [1.807, 2.05) is 19.1 Å². The van der Waals surface area contributed by atoms with Gasteiger partial charge < -0.3 is 25.3 Å². The molecule has 3 unspecified atom stereocenters. The molecule has 116 valence electrons. The highest BCUT2D eigenvalue weighted by molar-refractivity contribution is 5.80. The van der Waals surface area contributed by atoms with Gasteiger partial charge in [-0.05, 0) is 19.1 Å². The van der Waals surface area contributed by atoms with Crippen molar-refractivity contribution in [1.29, 1.82) is 0 Å². The predicted octanol–water partition coefficient (Wildman–Crippen LogP) is 0.855. The maximum absolute atomic E-state index is 12.2. The molecule has 0 spiro atoms. The number of amides is 1. The number of nitrogens with two attached hydrogens (primary N) is 1. The van der Waals surface area contributed by atoms with Crippen molar-refractivity contribution < 1.29 is 19.0 Å². The molecule has 0 radical (unpaired) electrons. The maximum Gasteiger partial charge on any atom is 0.227 e. The zero-order valence-electron chi connectivity index (χ0n) is 12.6. The number of hydrogen-bond acceptors (Lipinski definition) is 5. The fourth-order valence-electron chi connectivity index (χ4n) is 2.42. The zero-order chi connectivity index (χ0) is 15.4. The molecule has 1 aromatic rings. The fourth-order valence-corrected chi connectivity index (χ4v) is 2.42. The van der Waals surface area contributed by atoms with Crippen LogP contribution in [0.15, 0.2) is 18.2 Å². The molecule has 1 heterocycles. The second kappa shape index (κ2) is 6.78. The van der Waals surface area contributed by atoms with Crippen LogP contribution in [0.4, 0.5) is 0 Å². The summed E-state index contributed by atoms with van der Waals surface area (Å²) in [7, 11) is 3.19. The molecule has 3 atom stereocenters. The van der Waals surface area contributed by atoms with E-state index in [2.05, 4.69) is 5.32 Å². The van der Waals surface area contributed by atoms with Crippen molar-refractivity contribution >= 4 is 5.91 Å². The molecule has 3 N–H and O–H groups in total. The quantitative estimate of drug-likeness (QED) is 0.841. The Balaban J connectivity index is 2.09. The van der Waals surface area contributed by atoms with Crippen LogP contribution < -0.4 is 20.5 Å². The Morgan fingerprint density at radius 3 is 2.71 bits per heavy atom. The first-order valence-corrected chi connectivity index (χ1v) is 6.92. The van der Waals surface area contributed by atoms with Crippen LogP contribution in [0.25, 0.3) is 0 Å². The summed E-state index contributed by atoms with van der Waals surface area (Å²) in [5.41, 5.74) is 6.75. The Bertz CT molecular complexity index is 506. The summed E-state index contributed by atoms with van der Waals surface area (Å²) in [5.74, 6) is 0.997. The second-order valence-electron chi connectivity index (χ2n) is 5.15. The Kier molecular flexibility index (Phi) is 5.03. The Morgan fingerprint density at radius 2 is 2.14 bits per heavy atom. The minimum absolute atomic E-state index is 0.0922. The first-order valence-electron chi connectivity index (χ1n) is 6.92. The largest absolute Gasteiger partial charge is 0.497 e. The topological polar surface area (TPSA) is 82.8 Å². The summed E-state index contributed by atoms with van der Waals surface area (Å²) in [5, 5.41) is 2.96. The number of hydrogen-bond donors (Lipinski definition) is 2. The van der Waals surface area contributed by atoms with E-state index in [-0.39, 0.29) is 23.9 Å². The summed E-state index contributed by atoms with van der Waals surface area (Å²) in [6.07, 6.45) is 0. The molecule has 1 amide bonds. The van der Waals surface area contributed by atoms with Crippen LogP contribution in [-0.2, 0) is 9.53 Å². The smallest absolute Gasteiger partial charge is 0.227 e. The lowest BCUT2D eigenvalue weighted by molar-refractivity contribution is -0.125. The van der Waals surface area contributed by atoms with Crippen molar-refractivity contribution in [2.75, 3.05) is 27.4 Å². The number of rotatable bonds is 5. The monoisotopic (exact) mass is 294 g/mol. The van der Waals surface area contributed by atoms with Crippen molar-refractivity contribution in [2.24, 2.45) is 11.7 Å². The molecule has 0 aromatic heterocycles. The number of benzene rings is 1. The molecule has 1 fully saturated rings. The van der Waals surface area contributed by atoms with Crippen LogP contribution in [0.2, 0.25) is 0 Å². The zero-order valence-corrected chi connectivity index (χ0v) is 12.6. The van der Waals surface area contributed by atoms with Crippen LogP contribution >= 0.6 is 0 Å². The number of carbonyl (C=O) groups excluding carboxylic acids is 1. The number of carbonyl (C=O) groups is 1. The molecule has 0 saturated carbocycles. The fraction of sp³-hybridized carbons (Fsp3) is 0.533. The third kappa shape index (κ3) is 3.46. The van der Waals surface area contributed by atoms with Crippen LogP contribution in [0, 0.1) is 5.92 Å². The van der Waals surface area contributed by atoms with Gasteiger partial charge in [-0.15, -0.1) is 0 Å². The SMILES string of the molecule is COc1ccc(C(C)NC(=O)C2COCC2N)c(OC)c1. The van der Waals surface area contributed by atoms with E-state index in [0.29, 0.717) is 24.7 Å². The van der Waals surface area contributed by atoms with Crippen molar-refractivity contribution in [3.63, 3.8) is 0 Å². The first kappa shape index (κ1) is 15.6. The Labute approximate surface area is 124 Å². The van der Waals surface area contributed by atoms with E-state index >= 15 is 0 Å². The van der Waals surface area contributed by atoms with Gasteiger partial charge in [-0.2, -0.15) is 0 Å². The molecular weight excluding hydrogens is 272 g/mol. The summed E-state index contributed by atoms with van der Waals surface area (Å²) in [6.45, 7) is 2.71. The minimum Gasteiger partial charge on any atom is -0.497 e. The van der Waals surface area contributed by atoms with Crippen LogP contribution in [-0.4, -0.2) is 39.4 Å². The molecular formula is C15H22N2O4. The third-order valence-corrected chi connectivity index (χ3v) is 3.73. The lowest BCUT2D eigenvalue weighted by atomic mass is 10.0. The molecule has 1 aliphatic rings. The lowest BCUT2D eigenvalue weighted by Crippen LogP contribution is -2.41. The van der Waals surface area contributed by atoms with Crippen molar-refractivity contribution in [2.45, 2.75) is 19.0 Å². The Hall–Kier alpha value is -1.79. The van der Waals surface area contributed by atoms with Gasteiger partial charge in [0.1, 0.15) is 11.5 Å². The second-order valence-corrected chi connectivity index (χ2v) is 5.15. The molecule has 2 rings (SSSR count). The highest BCUT2D eigenvalue weighted by Crippen LogP contribution is 2.29. The van der Waals surface area contributed by atoms with E-state index in [0.717, 1.165) is 5.56 Å². The number of ether oxygens (including phenoxy) is 3. The van der Waals surface area contributed by atoms with Gasteiger partial charge in [0.25, 0.3) is 0 Å². The first-order chi connectivity index (χ1) is 10.1. The van der Waals surface area contributed by atoms with Crippen LogP contribution in [0.1, 0.15) is 18.5 Å². The lowest BCUT2D eigenvalue weighted by Gasteiger charge is -2.21. The van der Waals surface area contributed by atoms with E-state index in [9.17, 15) is 4.79 Å². The summed E-state index contributed by atoms with van der Waals surface area (Å²) in [4.78, 5) is 12.2. The van der Waals surface area contributed by atoms with E-state index in [1.54, 1.807) is 20.3 Å². The predicted molar refractivity (Wildman–Crippen MR) is 78.4 cm³/mol. The molecule has 1 saturated heterocycles. The van der Waals surface area contributed by atoms with Gasteiger partial charge in [0.2, 0.25) is 5.91 Å². The van der Waals surface area contributed by atoms with E-state index < -0.39 is 0 Å². The van der Waals surface area contributed by atoms with Gasteiger partial charge in [-0.3, -0.25) is 4.79 Å². The summed E-state index contributed by atoms with van der Waals surface area (Å²) >= 11 is 0. The number of methoxy groups -OCH3 is 2. The summed E-state index contributed by atoms with van der Waals surface area (Å²) in [6, 6.07) is 5.09. The van der Waals surface area contributed by atoms with Gasteiger partial charge in [0.15, 0.2) is 0 Å².